The van der Waals surface area contributed by atoms with Crippen LogP contribution in [0.5, 0.6) is 0 Å². The first-order valence-electron chi connectivity index (χ1n) is 15.2. The number of carbonyl (C=O) groups is 1. The van der Waals surface area contributed by atoms with Gasteiger partial charge in [0, 0.05) is 36.6 Å². The molecule has 4 heterocycles. The first-order valence-corrected chi connectivity index (χ1v) is 15.2. The van der Waals surface area contributed by atoms with Gasteiger partial charge in [-0.2, -0.15) is 36.7 Å². The molecule has 4 aromatic rings. The summed E-state index contributed by atoms with van der Waals surface area (Å²) < 4.78 is 119. The van der Waals surface area contributed by atoms with E-state index >= 15 is 0 Å². The molecule has 0 saturated carbocycles. The molecule has 50 heavy (non-hydrogen) atoms. The van der Waals surface area contributed by atoms with Crippen LogP contribution in [0.1, 0.15) is 83.4 Å². The number of ether oxygens (including phenoxy) is 1. The number of amides is 1. The maximum atomic E-state index is 14.0. The monoisotopic (exact) mass is 718 g/mol. The number of hydrogen-bond donors (Lipinski definition) is 3. The van der Waals surface area contributed by atoms with Crippen LogP contribution in [0.4, 0.5) is 39.9 Å². The molecule has 2 aliphatic rings. The van der Waals surface area contributed by atoms with Crippen molar-refractivity contribution < 1.29 is 53.7 Å². The number of rotatable bonds is 4. The van der Waals surface area contributed by atoms with Crippen LogP contribution in [-0.2, 0) is 17.1 Å². The second-order valence-corrected chi connectivity index (χ2v) is 11.8. The van der Waals surface area contributed by atoms with Crippen molar-refractivity contribution in [3.63, 3.8) is 0 Å². The fraction of sp³-hybridized carbons (Fsp3) is 0.406. The number of nitrogens with zero attached hydrogens (tertiary/aromatic N) is 1. The number of aromatic nitrogens is 2. The van der Waals surface area contributed by atoms with E-state index in [9.17, 15) is 49.5 Å². The van der Waals surface area contributed by atoms with Crippen LogP contribution in [0, 0.1) is 11.6 Å². The van der Waals surface area contributed by atoms with E-state index < -0.39 is 52.8 Å². The summed E-state index contributed by atoms with van der Waals surface area (Å²) >= 11 is 0. The van der Waals surface area contributed by atoms with E-state index in [1.807, 2.05) is 0 Å². The molecule has 6 rings (SSSR count). The average molecular weight is 719 g/mol. The Hall–Kier alpha value is -4.87. The van der Waals surface area contributed by atoms with E-state index in [-0.39, 0.29) is 42.0 Å². The summed E-state index contributed by atoms with van der Waals surface area (Å²) in [4.78, 5) is 35.8. The van der Waals surface area contributed by atoms with Crippen LogP contribution >= 0.6 is 0 Å². The largest absolute Gasteiger partial charge is 0.453 e. The molecule has 10 nitrogen and oxygen atoms in total. The van der Waals surface area contributed by atoms with Gasteiger partial charge in [-0.1, -0.05) is 12.1 Å². The number of halogens is 8. The topological polar surface area (TPSA) is 134 Å². The van der Waals surface area contributed by atoms with Crippen LogP contribution in [0.3, 0.4) is 0 Å². The Morgan fingerprint density at radius 3 is 1.78 bits per heavy atom. The summed E-state index contributed by atoms with van der Waals surface area (Å²) in [6.07, 6.45) is -8.27. The molecular weight excluding hydrogens is 688 g/mol. The van der Waals surface area contributed by atoms with Gasteiger partial charge in [0.25, 0.3) is 11.1 Å². The van der Waals surface area contributed by atoms with Crippen LogP contribution in [0.15, 0.2) is 67.2 Å². The predicted octanol–water partition coefficient (Wildman–Crippen LogP) is 7.15. The zero-order valence-electron chi connectivity index (χ0n) is 26.1. The molecule has 0 radical (unpaired) electrons. The lowest BCUT2D eigenvalue weighted by molar-refractivity contribution is -0.140. The lowest BCUT2D eigenvalue weighted by Gasteiger charge is -2.38. The molecule has 0 spiro atoms. The Labute approximate surface area is 277 Å². The van der Waals surface area contributed by atoms with Gasteiger partial charge in [0.05, 0.1) is 24.3 Å². The van der Waals surface area contributed by atoms with Crippen LogP contribution in [0.2, 0.25) is 0 Å². The minimum atomic E-state index is -4.81. The third-order valence-electron chi connectivity index (χ3n) is 8.69. The van der Waals surface area contributed by atoms with Gasteiger partial charge in [-0.3, -0.25) is 9.59 Å². The molecule has 0 unspecified atom stereocenters. The quantitative estimate of drug-likeness (QED) is 0.191. The number of nitrogens with one attached hydrogen (secondary N) is 3. The van der Waals surface area contributed by atoms with Crippen molar-refractivity contribution >= 4 is 6.09 Å². The van der Waals surface area contributed by atoms with E-state index in [2.05, 4.69) is 15.6 Å². The minimum absolute atomic E-state index is 0.0504. The maximum Gasteiger partial charge on any atom is 0.419 e. The van der Waals surface area contributed by atoms with Gasteiger partial charge in [-0.25, -0.2) is 13.6 Å². The van der Waals surface area contributed by atoms with Crippen molar-refractivity contribution in [3.8, 4) is 0 Å². The van der Waals surface area contributed by atoms with Crippen LogP contribution < -0.4 is 16.4 Å². The van der Waals surface area contributed by atoms with Gasteiger partial charge in [0.1, 0.15) is 23.2 Å². The normalized spacial score (nSPS) is 21.3. The van der Waals surface area contributed by atoms with Crippen molar-refractivity contribution in [2.75, 3.05) is 20.2 Å². The van der Waals surface area contributed by atoms with E-state index in [0.29, 0.717) is 42.5 Å². The lowest BCUT2D eigenvalue weighted by Crippen LogP contribution is -2.40. The van der Waals surface area contributed by atoms with Crippen molar-refractivity contribution in [2.24, 2.45) is 0 Å². The zero-order chi connectivity index (χ0) is 36.4. The predicted molar refractivity (Wildman–Crippen MR) is 158 cm³/mol. The first kappa shape index (κ1) is 36.4. The van der Waals surface area contributed by atoms with Gasteiger partial charge in [0.2, 0.25) is 0 Å². The molecule has 2 aromatic carbocycles. The van der Waals surface area contributed by atoms with Crippen molar-refractivity contribution in [3.05, 3.63) is 115 Å². The second-order valence-electron chi connectivity index (χ2n) is 11.8. The van der Waals surface area contributed by atoms with Gasteiger partial charge < -0.3 is 24.0 Å². The molecule has 18 heteroatoms. The number of piperidine rings is 2. The van der Waals surface area contributed by atoms with Crippen LogP contribution in [-0.4, -0.2) is 41.5 Å². The Morgan fingerprint density at radius 2 is 1.30 bits per heavy atom. The van der Waals surface area contributed by atoms with E-state index in [1.165, 1.54) is 30.2 Å². The number of methoxy groups -OCH3 is 1. The number of aromatic amines is 2. The highest BCUT2D eigenvalue weighted by Crippen LogP contribution is 2.41. The number of likely N-dealkylation sites (tertiary alicyclic amines) is 1. The average Bonchev–Trinajstić information content (AvgIpc) is 3.71. The fourth-order valence-corrected chi connectivity index (χ4v) is 6.25. The standard InChI is InChI=1S/C17H16F4N2O4.C15H14F4N2O2/c1-26-16(25)23-5-4-10(14-8-15(24)22-27-14)7-13(23)9-2-3-11(12(18)6-9)17(19,20)21;16-11-5-8(1-2-10(11)15(17,18)19)12-6-9(3-4-20-12)13-7-14(22)21-23-13/h2-3,6,8,10,13H,4-5,7H2,1H3,(H,22,24);1-2,5,7,9,12,20H,3-4,6H2,(H,21,22)/t10-,13+;9-,12+/m00/s1. The molecular formula is C32H30F8N4O6. The fourth-order valence-electron chi connectivity index (χ4n) is 6.25. The first-order chi connectivity index (χ1) is 23.5. The highest BCUT2D eigenvalue weighted by Gasteiger charge is 2.39. The SMILES string of the molecule is COC(=O)N1CC[C@H](c2cc(=O)[nH]o2)C[C@@H]1c1ccc(C(F)(F)F)c(F)c1.O=c1cc([C@H]2CCN[C@@H](c3ccc(C(F)(F)F)c(F)c3)C2)o[nH]1. The summed E-state index contributed by atoms with van der Waals surface area (Å²) in [7, 11) is 1.18. The lowest BCUT2D eigenvalue weighted by atomic mass is 9.85. The Kier molecular flexibility index (Phi) is 10.6. The molecule has 1 amide bonds. The second kappa shape index (κ2) is 14.5. The molecule has 0 aliphatic carbocycles. The van der Waals surface area contributed by atoms with E-state index in [0.717, 1.165) is 30.7 Å². The molecule has 3 N–H and O–H groups in total. The summed E-state index contributed by atoms with van der Waals surface area (Å²) in [6.45, 7) is 0.798. The van der Waals surface area contributed by atoms with Crippen molar-refractivity contribution in [1.29, 1.82) is 0 Å². The van der Waals surface area contributed by atoms with Gasteiger partial charge in [-0.05, 0) is 67.6 Å². The van der Waals surface area contributed by atoms with Gasteiger partial charge in [0.15, 0.2) is 0 Å². The van der Waals surface area contributed by atoms with Crippen molar-refractivity contribution in [1.82, 2.24) is 20.5 Å². The summed E-state index contributed by atoms with van der Waals surface area (Å²) in [5.74, 6) is -2.13. The summed E-state index contributed by atoms with van der Waals surface area (Å²) in [5.41, 5.74) is -2.76. The van der Waals surface area contributed by atoms with E-state index in [1.54, 1.807) is 0 Å². The summed E-state index contributed by atoms with van der Waals surface area (Å²) in [6, 6.07) is 7.13. The summed E-state index contributed by atoms with van der Waals surface area (Å²) in [5, 5.41) is 7.55. The Morgan fingerprint density at radius 1 is 0.780 bits per heavy atom. The van der Waals surface area contributed by atoms with E-state index in [4.69, 9.17) is 13.8 Å². The third-order valence-corrected chi connectivity index (χ3v) is 8.69. The molecule has 2 aromatic heterocycles. The van der Waals surface area contributed by atoms with Crippen molar-refractivity contribution in [2.45, 2.75) is 62.0 Å². The van der Waals surface area contributed by atoms with Gasteiger partial charge >= 0.3 is 18.4 Å². The highest BCUT2D eigenvalue weighted by atomic mass is 19.4. The molecule has 2 aliphatic heterocycles. The number of alkyl halides is 6. The third kappa shape index (κ3) is 8.28. The minimum Gasteiger partial charge on any atom is -0.453 e. The number of benzene rings is 2. The number of H-pyrrole nitrogens is 2. The molecule has 2 fully saturated rings. The zero-order valence-corrected chi connectivity index (χ0v) is 26.1. The number of hydrogen-bond acceptors (Lipinski definition) is 7. The van der Waals surface area contributed by atoms with Crippen LogP contribution in [0.25, 0.3) is 0 Å². The van der Waals surface area contributed by atoms with Gasteiger partial charge in [-0.15, -0.1) is 0 Å². The Bertz CT molecular complexity index is 1910. The highest BCUT2D eigenvalue weighted by molar-refractivity contribution is 5.68. The maximum absolute atomic E-state index is 14.0. The molecule has 2 saturated heterocycles. The smallest absolute Gasteiger partial charge is 0.419 e. The molecule has 270 valence electrons. The Balaban J connectivity index is 0.000000197. The number of carbonyl (C=O) groups excluding carboxylic acids is 1. The molecule has 0 bridgehead atoms. The molecule has 4 atom stereocenters.